The van der Waals surface area contributed by atoms with Crippen LogP contribution in [0.5, 0.6) is 0 Å². The van der Waals surface area contributed by atoms with Gasteiger partial charge in [-0.2, -0.15) is 0 Å². The van der Waals surface area contributed by atoms with E-state index in [9.17, 15) is 0 Å². The van der Waals surface area contributed by atoms with E-state index in [2.05, 4.69) is 20.6 Å². The van der Waals surface area contributed by atoms with Gasteiger partial charge in [0, 0.05) is 24.5 Å². The summed E-state index contributed by atoms with van der Waals surface area (Å²) < 4.78 is 0. The predicted octanol–water partition coefficient (Wildman–Crippen LogP) is 0.949. The predicted molar refractivity (Wildman–Crippen MR) is 56.3 cm³/mol. The first kappa shape index (κ1) is 9.40. The molecule has 76 valence electrons. The molecule has 14 heavy (non-hydrogen) atoms. The van der Waals surface area contributed by atoms with Crippen molar-refractivity contribution in [3.05, 3.63) is 18.0 Å². The van der Waals surface area contributed by atoms with E-state index in [0.29, 0.717) is 6.04 Å². The summed E-state index contributed by atoms with van der Waals surface area (Å²) in [4.78, 5) is 8.50. The Morgan fingerprint density at radius 3 is 3.21 bits per heavy atom. The molecule has 4 heteroatoms. The van der Waals surface area contributed by atoms with E-state index in [0.717, 1.165) is 24.7 Å². The molecular formula is C10H16N4. The molecule has 0 saturated carbocycles. The van der Waals surface area contributed by atoms with Crippen LogP contribution in [0.15, 0.2) is 12.3 Å². The molecule has 1 aromatic heterocycles. The summed E-state index contributed by atoms with van der Waals surface area (Å²) in [6.07, 6.45) is 4.22. The van der Waals surface area contributed by atoms with Crippen LogP contribution in [0.3, 0.4) is 0 Å². The van der Waals surface area contributed by atoms with E-state index in [-0.39, 0.29) is 0 Å². The van der Waals surface area contributed by atoms with E-state index in [1.165, 1.54) is 12.8 Å². The molecule has 2 heterocycles. The molecule has 1 fully saturated rings. The minimum absolute atomic E-state index is 0.477. The number of aryl methyl sites for hydroxylation is 1. The molecule has 1 aliphatic heterocycles. The van der Waals surface area contributed by atoms with E-state index >= 15 is 0 Å². The van der Waals surface area contributed by atoms with Gasteiger partial charge in [0.25, 0.3) is 0 Å². The fourth-order valence-corrected chi connectivity index (χ4v) is 1.68. The average Bonchev–Trinajstić information content (AvgIpc) is 2.19. The number of hydrogen-bond donors (Lipinski definition) is 2. The van der Waals surface area contributed by atoms with Gasteiger partial charge in [-0.25, -0.2) is 9.97 Å². The molecule has 1 saturated heterocycles. The third kappa shape index (κ3) is 2.42. The standard InChI is InChI=1S/C10H16N4/c1-8-4-6-12-10(13-8)14-9-3-2-5-11-7-9/h4,6,9,11H,2-3,5,7H2,1H3,(H,12,13,14)/t9-/m1/s1. The molecule has 0 bridgehead atoms. The van der Waals surface area contributed by atoms with Gasteiger partial charge in [0.1, 0.15) is 0 Å². The van der Waals surface area contributed by atoms with Crippen LogP contribution < -0.4 is 10.6 Å². The SMILES string of the molecule is Cc1ccnc(N[C@@H]2CCCNC2)n1. The number of piperidine rings is 1. The molecule has 0 spiro atoms. The summed E-state index contributed by atoms with van der Waals surface area (Å²) in [6, 6.07) is 2.38. The van der Waals surface area contributed by atoms with Crippen LogP contribution in [0, 0.1) is 6.92 Å². The first-order chi connectivity index (χ1) is 6.84. The van der Waals surface area contributed by atoms with Gasteiger partial charge in [0.2, 0.25) is 5.95 Å². The maximum atomic E-state index is 4.32. The second kappa shape index (κ2) is 4.37. The van der Waals surface area contributed by atoms with E-state index in [1.54, 1.807) is 6.20 Å². The minimum atomic E-state index is 0.477. The largest absolute Gasteiger partial charge is 0.350 e. The lowest BCUT2D eigenvalue weighted by atomic mass is 10.1. The van der Waals surface area contributed by atoms with Crippen LogP contribution >= 0.6 is 0 Å². The zero-order chi connectivity index (χ0) is 9.80. The average molecular weight is 192 g/mol. The number of nitrogens with zero attached hydrogens (tertiary/aromatic N) is 2. The topological polar surface area (TPSA) is 49.8 Å². The van der Waals surface area contributed by atoms with E-state index in [4.69, 9.17) is 0 Å². The molecule has 0 radical (unpaired) electrons. The zero-order valence-electron chi connectivity index (χ0n) is 8.45. The molecule has 0 aliphatic carbocycles. The van der Waals surface area contributed by atoms with Gasteiger partial charge < -0.3 is 10.6 Å². The van der Waals surface area contributed by atoms with Crippen molar-refractivity contribution in [1.82, 2.24) is 15.3 Å². The fourth-order valence-electron chi connectivity index (χ4n) is 1.68. The van der Waals surface area contributed by atoms with Crippen molar-refractivity contribution in [3.63, 3.8) is 0 Å². The van der Waals surface area contributed by atoms with Gasteiger partial charge in [0.05, 0.1) is 0 Å². The number of hydrogen-bond acceptors (Lipinski definition) is 4. The van der Waals surface area contributed by atoms with Crippen molar-refractivity contribution in [2.45, 2.75) is 25.8 Å². The summed E-state index contributed by atoms with van der Waals surface area (Å²) in [7, 11) is 0. The summed E-state index contributed by atoms with van der Waals surface area (Å²) in [5.41, 5.74) is 1.01. The molecule has 2 N–H and O–H groups in total. The Morgan fingerprint density at radius 2 is 2.50 bits per heavy atom. The molecule has 1 aromatic rings. The quantitative estimate of drug-likeness (QED) is 0.732. The number of nitrogens with one attached hydrogen (secondary N) is 2. The summed E-state index contributed by atoms with van der Waals surface area (Å²) in [6.45, 7) is 4.12. The van der Waals surface area contributed by atoms with Crippen molar-refractivity contribution in [2.24, 2.45) is 0 Å². The van der Waals surface area contributed by atoms with Crippen LogP contribution in [0.1, 0.15) is 18.5 Å². The van der Waals surface area contributed by atoms with Crippen LogP contribution in [-0.4, -0.2) is 29.1 Å². The maximum absolute atomic E-state index is 4.32. The highest BCUT2D eigenvalue weighted by Crippen LogP contribution is 2.07. The molecule has 0 unspecified atom stereocenters. The van der Waals surface area contributed by atoms with Crippen LogP contribution in [0.2, 0.25) is 0 Å². The van der Waals surface area contributed by atoms with Crippen molar-refractivity contribution in [2.75, 3.05) is 18.4 Å². The Kier molecular flexibility index (Phi) is 2.93. The minimum Gasteiger partial charge on any atom is -0.350 e. The van der Waals surface area contributed by atoms with Gasteiger partial charge >= 0.3 is 0 Å². The Morgan fingerprint density at radius 1 is 1.57 bits per heavy atom. The molecular weight excluding hydrogens is 176 g/mol. The molecule has 4 nitrogen and oxygen atoms in total. The van der Waals surface area contributed by atoms with E-state index < -0.39 is 0 Å². The molecule has 0 amide bonds. The zero-order valence-corrected chi connectivity index (χ0v) is 8.45. The second-order valence-electron chi connectivity index (χ2n) is 3.71. The Balaban J connectivity index is 1.95. The van der Waals surface area contributed by atoms with Crippen molar-refractivity contribution < 1.29 is 0 Å². The maximum Gasteiger partial charge on any atom is 0.223 e. The van der Waals surface area contributed by atoms with E-state index in [1.807, 2.05) is 13.0 Å². The molecule has 1 atom stereocenters. The Hall–Kier alpha value is -1.16. The highest BCUT2D eigenvalue weighted by Gasteiger charge is 2.12. The van der Waals surface area contributed by atoms with Gasteiger partial charge in [-0.05, 0) is 32.4 Å². The number of anilines is 1. The smallest absolute Gasteiger partial charge is 0.223 e. The number of rotatable bonds is 2. The van der Waals surface area contributed by atoms with Crippen molar-refractivity contribution >= 4 is 5.95 Å². The van der Waals surface area contributed by atoms with Crippen LogP contribution in [-0.2, 0) is 0 Å². The van der Waals surface area contributed by atoms with Gasteiger partial charge in [-0.3, -0.25) is 0 Å². The molecule has 0 aromatic carbocycles. The molecule has 1 aliphatic rings. The third-order valence-corrected chi connectivity index (χ3v) is 2.42. The summed E-state index contributed by atoms with van der Waals surface area (Å²) in [5, 5.41) is 6.69. The van der Waals surface area contributed by atoms with Gasteiger partial charge in [-0.1, -0.05) is 0 Å². The first-order valence-corrected chi connectivity index (χ1v) is 5.11. The van der Waals surface area contributed by atoms with Crippen LogP contribution in [0.25, 0.3) is 0 Å². The summed E-state index contributed by atoms with van der Waals surface area (Å²) in [5.74, 6) is 0.749. The highest BCUT2D eigenvalue weighted by molar-refractivity contribution is 5.26. The molecule has 2 rings (SSSR count). The Bertz CT molecular complexity index is 294. The van der Waals surface area contributed by atoms with Gasteiger partial charge in [0.15, 0.2) is 0 Å². The van der Waals surface area contributed by atoms with Crippen LogP contribution in [0.4, 0.5) is 5.95 Å². The lowest BCUT2D eigenvalue weighted by Crippen LogP contribution is -2.38. The number of aromatic nitrogens is 2. The monoisotopic (exact) mass is 192 g/mol. The van der Waals surface area contributed by atoms with Gasteiger partial charge in [-0.15, -0.1) is 0 Å². The normalized spacial score (nSPS) is 21.9. The Labute approximate surface area is 84.2 Å². The van der Waals surface area contributed by atoms with Crippen molar-refractivity contribution in [3.8, 4) is 0 Å². The van der Waals surface area contributed by atoms with Crippen molar-refractivity contribution in [1.29, 1.82) is 0 Å². The second-order valence-corrected chi connectivity index (χ2v) is 3.71. The first-order valence-electron chi connectivity index (χ1n) is 5.11. The third-order valence-electron chi connectivity index (χ3n) is 2.42. The highest BCUT2D eigenvalue weighted by atomic mass is 15.1. The fraction of sp³-hybridized carbons (Fsp3) is 0.600. The lowest BCUT2D eigenvalue weighted by molar-refractivity contribution is 0.478. The summed E-state index contributed by atoms with van der Waals surface area (Å²) >= 11 is 0. The lowest BCUT2D eigenvalue weighted by Gasteiger charge is -2.23.